The lowest BCUT2D eigenvalue weighted by molar-refractivity contribution is -0.699. The highest BCUT2D eigenvalue weighted by Gasteiger charge is 2.30. The molecule has 1 aliphatic rings. The zero-order chi connectivity index (χ0) is 10.0. The molecule has 0 aliphatic carbocycles. The van der Waals surface area contributed by atoms with Gasteiger partial charge in [-0.3, -0.25) is 0 Å². The molecule has 0 bridgehead atoms. The monoisotopic (exact) mass is 232 g/mol. The van der Waals surface area contributed by atoms with Crippen LogP contribution in [0.3, 0.4) is 0 Å². The summed E-state index contributed by atoms with van der Waals surface area (Å²) in [4.78, 5) is 1.31. The van der Waals surface area contributed by atoms with Crippen LogP contribution < -0.4 is 5.32 Å². The molecule has 0 unspecified atom stereocenters. The van der Waals surface area contributed by atoms with Gasteiger partial charge in [0.05, 0.1) is 10.6 Å². The van der Waals surface area contributed by atoms with Crippen LogP contribution in [0.5, 0.6) is 0 Å². The fraction of sp³-hybridized carbons (Fsp3) is 0.556. The molecule has 0 aromatic carbocycles. The average Bonchev–Trinajstić information content (AvgIpc) is 2.70. The minimum absolute atomic E-state index is 0.280. The van der Waals surface area contributed by atoms with Gasteiger partial charge in [0.2, 0.25) is 0 Å². The smallest absolute Gasteiger partial charge is 0.156 e. The van der Waals surface area contributed by atoms with Crippen molar-refractivity contribution in [3.63, 3.8) is 0 Å². The van der Waals surface area contributed by atoms with E-state index in [1.165, 1.54) is 4.88 Å². The molecule has 2 rings (SSSR count). The van der Waals surface area contributed by atoms with Crippen LogP contribution >= 0.6 is 11.3 Å². The molecule has 5 heteroatoms. The maximum absolute atomic E-state index is 11.2. The number of rotatable bonds is 3. The number of thiophene rings is 1. The van der Waals surface area contributed by atoms with Gasteiger partial charge in [0, 0.05) is 6.42 Å². The first-order valence-corrected chi connectivity index (χ1v) is 7.42. The Labute approximate surface area is 88.1 Å². The molecule has 0 saturated carbocycles. The van der Waals surface area contributed by atoms with Crippen molar-refractivity contribution in [2.24, 2.45) is 0 Å². The van der Waals surface area contributed by atoms with E-state index >= 15 is 0 Å². The van der Waals surface area contributed by atoms with E-state index < -0.39 is 9.84 Å². The molecule has 3 nitrogen and oxygen atoms in total. The van der Waals surface area contributed by atoms with Crippen LogP contribution in [0.15, 0.2) is 17.5 Å². The fourth-order valence-electron chi connectivity index (χ4n) is 1.72. The fourth-order valence-corrected chi connectivity index (χ4v) is 4.19. The van der Waals surface area contributed by atoms with Gasteiger partial charge in [-0.15, -0.1) is 11.3 Å². The van der Waals surface area contributed by atoms with Gasteiger partial charge in [0.25, 0.3) is 0 Å². The summed E-state index contributed by atoms with van der Waals surface area (Å²) in [6.45, 7) is 0.915. The SMILES string of the molecule is O=S1(=O)CC[C@H]([NH2+]Cc2cccs2)C1. The molecule has 1 aromatic heterocycles. The van der Waals surface area contributed by atoms with Crippen LogP contribution in [-0.4, -0.2) is 26.0 Å². The predicted octanol–water partition coefficient (Wildman–Crippen LogP) is -0.00140. The molecule has 1 saturated heterocycles. The third-order valence-corrected chi connectivity index (χ3v) is 5.19. The Morgan fingerprint density at radius 2 is 2.43 bits per heavy atom. The highest BCUT2D eigenvalue weighted by molar-refractivity contribution is 7.91. The van der Waals surface area contributed by atoms with Crippen molar-refractivity contribution in [2.75, 3.05) is 11.5 Å². The minimum Gasteiger partial charge on any atom is -0.339 e. The second-order valence-corrected chi connectivity index (χ2v) is 6.94. The Morgan fingerprint density at radius 1 is 1.57 bits per heavy atom. The quantitative estimate of drug-likeness (QED) is 0.797. The molecular weight excluding hydrogens is 218 g/mol. The molecule has 0 amide bonds. The van der Waals surface area contributed by atoms with E-state index in [0.29, 0.717) is 11.5 Å². The van der Waals surface area contributed by atoms with E-state index in [0.717, 1.165) is 13.0 Å². The van der Waals surface area contributed by atoms with Crippen LogP contribution in [0.25, 0.3) is 0 Å². The van der Waals surface area contributed by atoms with E-state index in [2.05, 4.69) is 16.8 Å². The Bertz CT molecular complexity index is 383. The standard InChI is InChI=1S/C9H13NO2S2/c11-14(12)5-3-8(7-14)10-6-9-2-1-4-13-9/h1-2,4,8,10H,3,5-7H2/p+1/t8-/m0/s1. The summed E-state index contributed by atoms with van der Waals surface area (Å²) < 4.78 is 22.4. The van der Waals surface area contributed by atoms with Gasteiger partial charge in [0.1, 0.15) is 18.3 Å². The minimum atomic E-state index is -2.71. The second kappa shape index (κ2) is 4.00. The lowest BCUT2D eigenvalue weighted by Gasteiger charge is -2.05. The molecule has 78 valence electrons. The summed E-state index contributed by atoms with van der Waals surface area (Å²) in [5, 5.41) is 4.20. The van der Waals surface area contributed by atoms with Gasteiger partial charge < -0.3 is 5.32 Å². The van der Waals surface area contributed by atoms with E-state index in [1.54, 1.807) is 11.3 Å². The third-order valence-electron chi connectivity index (χ3n) is 2.50. The number of hydrogen-bond acceptors (Lipinski definition) is 3. The normalized spacial score (nSPS) is 25.3. The third kappa shape index (κ3) is 2.56. The first-order valence-electron chi connectivity index (χ1n) is 4.72. The Morgan fingerprint density at radius 3 is 3.00 bits per heavy atom. The van der Waals surface area contributed by atoms with Crippen LogP contribution in [0, 0.1) is 0 Å². The Hall–Kier alpha value is -0.390. The second-order valence-electron chi connectivity index (χ2n) is 3.68. The van der Waals surface area contributed by atoms with Gasteiger partial charge in [-0.2, -0.15) is 0 Å². The van der Waals surface area contributed by atoms with Gasteiger partial charge in [-0.05, 0) is 11.4 Å². The van der Waals surface area contributed by atoms with Crippen LogP contribution in [0.1, 0.15) is 11.3 Å². The van der Waals surface area contributed by atoms with Crippen molar-refractivity contribution < 1.29 is 13.7 Å². The molecule has 1 aliphatic heterocycles. The summed E-state index contributed by atoms with van der Waals surface area (Å²) in [5.74, 6) is 0.733. The highest BCUT2D eigenvalue weighted by atomic mass is 32.2. The van der Waals surface area contributed by atoms with E-state index in [1.807, 2.05) is 6.07 Å². The molecule has 0 radical (unpaired) electrons. The summed E-state index contributed by atoms with van der Waals surface area (Å²) in [7, 11) is -2.71. The lowest BCUT2D eigenvalue weighted by Crippen LogP contribution is -2.88. The van der Waals surface area contributed by atoms with E-state index in [4.69, 9.17) is 0 Å². The summed E-state index contributed by atoms with van der Waals surface area (Å²) in [5.41, 5.74) is 0. The first kappa shape index (κ1) is 10.1. The van der Waals surface area contributed by atoms with E-state index in [9.17, 15) is 8.42 Å². The van der Waals surface area contributed by atoms with Crippen LogP contribution in [-0.2, 0) is 16.4 Å². The van der Waals surface area contributed by atoms with Crippen LogP contribution in [0.4, 0.5) is 0 Å². The van der Waals surface area contributed by atoms with Gasteiger partial charge in [-0.25, -0.2) is 8.42 Å². The highest BCUT2D eigenvalue weighted by Crippen LogP contribution is 2.09. The molecular formula is C9H14NO2S2+. The van der Waals surface area contributed by atoms with Crippen molar-refractivity contribution in [1.82, 2.24) is 0 Å². The number of sulfone groups is 1. The molecule has 1 aromatic rings. The van der Waals surface area contributed by atoms with Gasteiger partial charge in [-0.1, -0.05) is 6.07 Å². The lowest BCUT2D eigenvalue weighted by atomic mass is 10.2. The van der Waals surface area contributed by atoms with Crippen molar-refractivity contribution >= 4 is 21.2 Å². The van der Waals surface area contributed by atoms with Crippen molar-refractivity contribution in [3.8, 4) is 0 Å². The topological polar surface area (TPSA) is 50.8 Å². The van der Waals surface area contributed by atoms with Crippen molar-refractivity contribution in [2.45, 2.75) is 19.0 Å². The summed E-state index contributed by atoms with van der Waals surface area (Å²) in [6, 6.07) is 4.39. The molecule has 14 heavy (non-hydrogen) atoms. The van der Waals surface area contributed by atoms with E-state index in [-0.39, 0.29) is 6.04 Å². The first-order chi connectivity index (χ1) is 6.66. The predicted molar refractivity (Wildman–Crippen MR) is 57.0 cm³/mol. The molecule has 1 atom stereocenters. The zero-order valence-electron chi connectivity index (χ0n) is 7.85. The maximum atomic E-state index is 11.2. The van der Waals surface area contributed by atoms with Crippen molar-refractivity contribution in [1.29, 1.82) is 0 Å². The summed E-state index contributed by atoms with van der Waals surface area (Å²) in [6.07, 6.45) is 0.813. The van der Waals surface area contributed by atoms with Gasteiger partial charge >= 0.3 is 0 Å². The van der Waals surface area contributed by atoms with Crippen LogP contribution in [0.2, 0.25) is 0 Å². The zero-order valence-corrected chi connectivity index (χ0v) is 9.48. The Balaban J connectivity index is 1.83. The number of hydrogen-bond donors (Lipinski definition) is 1. The molecule has 0 spiro atoms. The maximum Gasteiger partial charge on any atom is 0.156 e. The van der Waals surface area contributed by atoms with Gasteiger partial charge in [0.15, 0.2) is 9.84 Å². The Kier molecular flexibility index (Phi) is 2.90. The molecule has 1 fully saturated rings. The number of quaternary nitrogens is 1. The molecule has 2 heterocycles. The van der Waals surface area contributed by atoms with Crippen molar-refractivity contribution in [3.05, 3.63) is 22.4 Å². The summed E-state index contributed by atoms with van der Waals surface area (Å²) >= 11 is 1.73. The largest absolute Gasteiger partial charge is 0.339 e. The molecule has 2 N–H and O–H groups in total. The number of nitrogens with two attached hydrogens (primary N) is 1. The average molecular weight is 232 g/mol.